The number of sulfone groups is 1. The molecule has 4 aliphatic rings. The van der Waals surface area contributed by atoms with E-state index >= 15 is 4.39 Å². The Morgan fingerprint density at radius 1 is 1.00 bits per heavy atom. The van der Waals surface area contributed by atoms with Gasteiger partial charge in [-0.2, -0.15) is 5.26 Å². The Bertz CT molecular complexity index is 2250. The molecule has 0 amide bonds. The van der Waals surface area contributed by atoms with Gasteiger partial charge in [-0.3, -0.25) is 4.72 Å². The highest BCUT2D eigenvalue weighted by Gasteiger charge is 2.56. The van der Waals surface area contributed by atoms with Crippen molar-refractivity contribution in [1.82, 2.24) is 15.0 Å². The molecule has 4 aromatic rings. The van der Waals surface area contributed by atoms with Crippen LogP contribution in [0.25, 0.3) is 21.8 Å². The molecular weight excluding hydrogens is 700 g/mol. The highest BCUT2D eigenvalue weighted by molar-refractivity contribution is 7.93. The predicted octanol–water partition coefficient (Wildman–Crippen LogP) is 5.50. The molecule has 0 unspecified atom stereocenters. The molecule has 4 fully saturated rings. The van der Waals surface area contributed by atoms with E-state index in [2.05, 4.69) is 16.4 Å². The maximum atomic E-state index is 16.4. The van der Waals surface area contributed by atoms with Gasteiger partial charge in [0.05, 0.1) is 39.5 Å². The van der Waals surface area contributed by atoms with Crippen molar-refractivity contribution < 1.29 is 30.0 Å². The molecule has 8 rings (SSSR count). The van der Waals surface area contributed by atoms with Gasteiger partial charge in [0.25, 0.3) is 10.0 Å². The van der Waals surface area contributed by atoms with E-state index in [1.807, 2.05) is 9.62 Å². The lowest BCUT2D eigenvalue weighted by Crippen LogP contribution is -2.60. The highest BCUT2D eigenvalue weighted by atomic mass is 32.2. The van der Waals surface area contributed by atoms with Gasteiger partial charge in [-0.1, -0.05) is 23.5 Å². The zero-order valence-electron chi connectivity index (χ0n) is 25.7. The van der Waals surface area contributed by atoms with Gasteiger partial charge in [-0.25, -0.2) is 45.0 Å². The lowest BCUT2D eigenvalue weighted by Gasteiger charge is -2.53. The number of hydrogen-bond donors (Lipinski definition) is 2. The number of benzene rings is 2. The summed E-state index contributed by atoms with van der Waals surface area (Å²) in [6.07, 6.45) is 5.84. The van der Waals surface area contributed by atoms with E-state index in [1.54, 1.807) is 6.07 Å². The van der Waals surface area contributed by atoms with Crippen LogP contribution in [0.5, 0.6) is 0 Å². The monoisotopic (exact) mass is 727 g/mol. The van der Waals surface area contributed by atoms with Crippen LogP contribution in [0.15, 0.2) is 53.6 Å². The molecule has 2 aromatic heterocycles. The zero-order valence-corrected chi connectivity index (χ0v) is 28.1. The van der Waals surface area contributed by atoms with Gasteiger partial charge in [0.2, 0.25) is 5.95 Å². The van der Waals surface area contributed by atoms with Gasteiger partial charge in [-0.05, 0) is 68.9 Å². The summed E-state index contributed by atoms with van der Waals surface area (Å²) in [7, 11) is -7.84. The third-order valence-corrected chi connectivity index (χ3v) is 14.6. The average Bonchev–Trinajstić information content (AvgIpc) is 3.72. The van der Waals surface area contributed by atoms with Crippen LogP contribution in [0.3, 0.4) is 0 Å². The van der Waals surface area contributed by atoms with E-state index in [4.69, 9.17) is 9.97 Å². The van der Waals surface area contributed by atoms with Crippen LogP contribution in [0.2, 0.25) is 0 Å². The number of sulfonamides is 1. The molecule has 1 saturated carbocycles. The number of nitrogens with zero attached hydrogens (tertiary/aromatic N) is 5. The van der Waals surface area contributed by atoms with Crippen molar-refractivity contribution in [1.29, 1.82) is 5.26 Å². The molecule has 11 nitrogen and oxygen atoms in total. The van der Waals surface area contributed by atoms with Crippen LogP contribution < -0.4 is 14.9 Å². The normalized spacial score (nSPS) is 23.6. The molecule has 3 aliphatic heterocycles. The van der Waals surface area contributed by atoms with Gasteiger partial charge in [0.1, 0.15) is 17.2 Å². The number of fused-ring (bicyclic) bond motifs is 2. The number of thiazole rings is 1. The van der Waals surface area contributed by atoms with Crippen molar-refractivity contribution in [3.8, 4) is 27.9 Å². The summed E-state index contributed by atoms with van der Waals surface area (Å²) in [5.74, 6) is -3.02. The predicted molar refractivity (Wildman–Crippen MR) is 177 cm³/mol. The van der Waals surface area contributed by atoms with E-state index in [9.17, 15) is 30.9 Å². The second-order valence-electron chi connectivity index (χ2n) is 13.3. The largest absolute Gasteiger partial charge is 0.351 e. The van der Waals surface area contributed by atoms with Crippen LogP contribution >= 0.6 is 11.3 Å². The Balaban J connectivity index is 1.17. The number of nitriles is 1. The first-order valence-corrected chi connectivity index (χ1v) is 19.7. The summed E-state index contributed by atoms with van der Waals surface area (Å²) < 4.78 is 96.7. The second-order valence-corrected chi connectivity index (χ2v) is 18.0. The highest BCUT2D eigenvalue weighted by Crippen LogP contribution is 2.53. The molecule has 1 spiro atoms. The van der Waals surface area contributed by atoms with Gasteiger partial charge < -0.3 is 10.2 Å². The lowest BCUT2D eigenvalue weighted by atomic mass is 9.67. The number of halogens is 3. The van der Waals surface area contributed by atoms with Crippen molar-refractivity contribution in [2.45, 2.75) is 61.0 Å². The van der Waals surface area contributed by atoms with Crippen molar-refractivity contribution in [2.75, 3.05) is 26.4 Å². The van der Waals surface area contributed by atoms with Gasteiger partial charge in [0, 0.05) is 29.3 Å². The average molecular weight is 728 g/mol. The Hall–Kier alpha value is -4.27. The SMILES string of the molecule is N#CC12CCC(CC1)N2c1nc(-c2cccc(NS(=O)(=O)c3c(F)cccc3F)c2F)c(-c2ccnc(NC3CC4(C3)CS(=O)(=O)C4)n2)s1. The third-order valence-electron chi connectivity index (χ3n) is 9.96. The third kappa shape index (κ3) is 5.31. The van der Waals surface area contributed by atoms with Gasteiger partial charge >= 0.3 is 0 Å². The number of anilines is 3. The first-order chi connectivity index (χ1) is 23.3. The van der Waals surface area contributed by atoms with Crippen LogP contribution in [0.4, 0.5) is 29.9 Å². The molecule has 2 N–H and O–H groups in total. The summed E-state index contributed by atoms with van der Waals surface area (Å²) in [5.41, 5.74) is -1.04. The van der Waals surface area contributed by atoms with E-state index in [1.165, 1.54) is 29.7 Å². The minimum Gasteiger partial charge on any atom is -0.351 e. The Morgan fingerprint density at radius 3 is 2.37 bits per heavy atom. The molecule has 5 heterocycles. The van der Waals surface area contributed by atoms with Gasteiger partial charge in [-0.15, -0.1) is 0 Å². The molecule has 0 atom stereocenters. The Morgan fingerprint density at radius 2 is 1.69 bits per heavy atom. The fourth-order valence-electron chi connectivity index (χ4n) is 7.88. The summed E-state index contributed by atoms with van der Waals surface area (Å²) in [6.45, 7) is 0. The quantitative estimate of drug-likeness (QED) is 0.238. The van der Waals surface area contributed by atoms with Crippen LogP contribution in [-0.2, 0) is 19.9 Å². The van der Waals surface area contributed by atoms with Crippen molar-refractivity contribution in [3.05, 3.63) is 66.1 Å². The molecule has 2 bridgehead atoms. The number of hydrogen-bond acceptors (Lipinski definition) is 11. The number of nitrogens with one attached hydrogen (secondary N) is 2. The minimum absolute atomic E-state index is 0.0145. The molecule has 0 radical (unpaired) electrons. The molecule has 254 valence electrons. The maximum Gasteiger partial charge on any atom is 0.267 e. The first-order valence-electron chi connectivity index (χ1n) is 15.6. The Labute approximate surface area is 284 Å². The summed E-state index contributed by atoms with van der Waals surface area (Å²) in [4.78, 5) is 15.1. The van der Waals surface area contributed by atoms with E-state index < -0.39 is 53.4 Å². The summed E-state index contributed by atoms with van der Waals surface area (Å²) >= 11 is 1.23. The maximum absolute atomic E-state index is 16.4. The second kappa shape index (κ2) is 11.1. The van der Waals surface area contributed by atoms with Crippen LogP contribution in [0, 0.1) is 34.2 Å². The molecule has 49 heavy (non-hydrogen) atoms. The summed E-state index contributed by atoms with van der Waals surface area (Å²) in [6, 6.07) is 10.7. The number of aromatic nitrogens is 3. The van der Waals surface area contributed by atoms with Crippen molar-refractivity contribution >= 4 is 48.0 Å². The first kappa shape index (κ1) is 32.0. The molecular formula is C32H28F3N7O4S3. The van der Waals surface area contributed by atoms with E-state index in [0.29, 0.717) is 47.3 Å². The fraction of sp³-hybridized carbons (Fsp3) is 0.375. The van der Waals surface area contributed by atoms with Crippen molar-refractivity contribution in [3.63, 3.8) is 0 Å². The Kier molecular flexibility index (Phi) is 7.26. The summed E-state index contributed by atoms with van der Waals surface area (Å²) in [5, 5.41) is 14.0. The van der Waals surface area contributed by atoms with Crippen molar-refractivity contribution in [2.24, 2.45) is 5.41 Å². The number of rotatable bonds is 8. The van der Waals surface area contributed by atoms with E-state index in [0.717, 1.165) is 37.1 Å². The molecule has 17 heteroatoms. The van der Waals surface area contributed by atoms with Crippen LogP contribution in [-0.4, -0.2) is 60.9 Å². The van der Waals surface area contributed by atoms with E-state index in [-0.39, 0.29) is 40.3 Å². The fourth-order valence-corrected chi connectivity index (χ4v) is 12.5. The molecule has 3 saturated heterocycles. The minimum atomic E-state index is -4.88. The standard InChI is InChI=1S/C32H28F3N7O4S3/c33-21-4-2-5-22(34)28(21)49(45,46)41-23-6-1-3-20(25(23)35)26-27(47-30(40-26)42-19-7-10-32(42,15-36)11-8-19)24-9-12-37-29(39-24)38-18-13-31(14-18)16-48(43,44)17-31/h1-6,9,12,18-19,41H,7-8,10-11,13-14,16-17H2,(H,37,38,39). The van der Waals surface area contributed by atoms with Crippen LogP contribution in [0.1, 0.15) is 38.5 Å². The lowest BCUT2D eigenvalue weighted by molar-refractivity contribution is 0.153. The topological polar surface area (TPSA) is 158 Å². The molecule has 1 aliphatic carbocycles. The molecule has 2 aromatic carbocycles. The smallest absolute Gasteiger partial charge is 0.267 e. The zero-order chi connectivity index (χ0) is 34.3. The van der Waals surface area contributed by atoms with Gasteiger partial charge in [0.15, 0.2) is 25.7 Å².